The number of imide groups is 1. The Morgan fingerprint density at radius 2 is 2.00 bits per heavy atom. The van der Waals surface area contributed by atoms with Crippen LogP contribution in [0.5, 0.6) is 0 Å². The Hall–Kier alpha value is -2.80. The minimum absolute atomic E-state index is 0.299. The standard InChI is InChI=1S/C18H17N3O3S/c1-2-12-5-7-13(8-6-12)20-16(22)11-21-17(23)15(25-18(21)24)10-14-4-3-9-19-14/h3-10,19H,2,11H2,1H3,(H,20,22)/b15-10+. The number of rotatable bonds is 5. The van der Waals surface area contributed by atoms with Crippen LogP contribution < -0.4 is 5.32 Å². The molecule has 128 valence electrons. The first-order chi connectivity index (χ1) is 12.1. The van der Waals surface area contributed by atoms with Crippen LogP contribution in [0.1, 0.15) is 18.2 Å². The number of benzene rings is 1. The lowest BCUT2D eigenvalue weighted by Crippen LogP contribution is -2.36. The van der Waals surface area contributed by atoms with Crippen LogP contribution in [-0.2, 0) is 16.0 Å². The van der Waals surface area contributed by atoms with E-state index in [4.69, 9.17) is 0 Å². The Balaban J connectivity index is 1.64. The van der Waals surface area contributed by atoms with Crippen molar-refractivity contribution in [3.05, 3.63) is 58.8 Å². The van der Waals surface area contributed by atoms with Crippen LogP contribution in [0.3, 0.4) is 0 Å². The van der Waals surface area contributed by atoms with Crippen molar-refractivity contribution in [1.82, 2.24) is 9.88 Å². The van der Waals surface area contributed by atoms with Gasteiger partial charge in [-0.3, -0.25) is 19.3 Å². The molecule has 25 heavy (non-hydrogen) atoms. The van der Waals surface area contributed by atoms with Crippen LogP contribution in [0.4, 0.5) is 10.5 Å². The number of aryl methyl sites for hydroxylation is 1. The number of anilines is 1. The normalized spacial score (nSPS) is 15.9. The van der Waals surface area contributed by atoms with Gasteiger partial charge in [-0.1, -0.05) is 19.1 Å². The number of nitrogens with zero attached hydrogens (tertiary/aromatic N) is 1. The summed E-state index contributed by atoms with van der Waals surface area (Å²) in [7, 11) is 0. The minimum Gasteiger partial charge on any atom is -0.362 e. The highest BCUT2D eigenvalue weighted by Crippen LogP contribution is 2.31. The second kappa shape index (κ2) is 7.40. The molecular weight excluding hydrogens is 338 g/mol. The van der Waals surface area contributed by atoms with Gasteiger partial charge in [0.25, 0.3) is 11.1 Å². The molecule has 6 nitrogen and oxygen atoms in total. The van der Waals surface area contributed by atoms with Crippen LogP contribution in [0.25, 0.3) is 6.08 Å². The Kier molecular flexibility index (Phi) is 5.04. The van der Waals surface area contributed by atoms with Crippen LogP contribution in [0.2, 0.25) is 0 Å². The Bertz CT molecular complexity index is 826. The summed E-state index contributed by atoms with van der Waals surface area (Å²) in [6.07, 6.45) is 4.25. The first kappa shape index (κ1) is 17.0. The lowest BCUT2D eigenvalue weighted by Gasteiger charge is -2.12. The van der Waals surface area contributed by atoms with Gasteiger partial charge < -0.3 is 10.3 Å². The minimum atomic E-state index is -0.457. The van der Waals surface area contributed by atoms with E-state index in [0.29, 0.717) is 10.6 Å². The lowest BCUT2D eigenvalue weighted by molar-refractivity contribution is -0.127. The van der Waals surface area contributed by atoms with Gasteiger partial charge in [0.05, 0.1) is 4.91 Å². The zero-order valence-electron chi connectivity index (χ0n) is 13.6. The molecule has 1 aliphatic heterocycles. The number of H-pyrrole nitrogens is 1. The molecule has 0 unspecified atom stereocenters. The van der Waals surface area contributed by atoms with Gasteiger partial charge in [-0.25, -0.2) is 0 Å². The number of carbonyl (C=O) groups excluding carboxylic acids is 3. The number of amides is 3. The van der Waals surface area contributed by atoms with E-state index in [1.165, 1.54) is 5.56 Å². The third-order valence-electron chi connectivity index (χ3n) is 3.73. The smallest absolute Gasteiger partial charge is 0.294 e. The molecule has 0 saturated carbocycles. The maximum atomic E-state index is 12.3. The molecule has 0 atom stereocenters. The van der Waals surface area contributed by atoms with E-state index in [-0.39, 0.29) is 6.54 Å². The summed E-state index contributed by atoms with van der Waals surface area (Å²) < 4.78 is 0. The molecule has 1 fully saturated rings. The van der Waals surface area contributed by atoms with E-state index in [1.807, 2.05) is 19.1 Å². The fourth-order valence-electron chi connectivity index (χ4n) is 2.38. The van der Waals surface area contributed by atoms with Gasteiger partial charge >= 0.3 is 0 Å². The predicted molar refractivity (Wildman–Crippen MR) is 97.9 cm³/mol. The summed E-state index contributed by atoms with van der Waals surface area (Å²) >= 11 is 0.832. The maximum Gasteiger partial charge on any atom is 0.294 e. The Morgan fingerprint density at radius 3 is 2.64 bits per heavy atom. The fraction of sp³-hybridized carbons (Fsp3) is 0.167. The monoisotopic (exact) mass is 355 g/mol. The molecule has 0 spiro atoms. The van der Waals surface area contributed by atoms with Gasteiger partial charge in [-0.2, -0.15) is 0 Å². The Morgan fingerprint density at radius 1 is 1.24 bits per heavy atom. The quantitative estimate of drug-likeness (QED) is 0.807. The molecule has 1 aliphatic rings. The summed E-state index contributed by atoms with van der Waals surface area (Å²) in [6.45, 7) is 1.75. The molecule has 2 N–H and O–H groups in total. The second-order valence-electron chi connectivity index (χ2n) is 5.49. The van der Waals surface area contributed by atoms with Crippen molar-refractivity contribution >= 4 is 40.6 Å². The van der Waals surface area contributed by atoms with E-state index in [0.717, 1.165) is 28.8 Å². The zero-order chi connectivity index (χ0) is 17.8. The fourth-order valence-corrected chi connectivity index (χ4v) is 3.21. The van der Waals surface area contributed by atoms with E-state index < -0.39 is 17.1 Å². The van der Waals surface area contributed by atoms with E-state index in [2.05, 4.69) is 10.3 Å². The van der Waals surface area contributed by atoms with E-state index in [1.54, 1.807) is 36.5 Å². The van der Waals surface area contributed by atoms with Crippen molar-refractivity contribution in [2.24, 2.45) is 0 Å². The number of thioether (sulfide) groups is 1. The van der Waals surface area contributed by atoms with Gasteiger partial charge in [0.2, 0.25) is 5.91 Å². The lowest BCUT2D eigenvalue weighted by atomic mass is 10.1. The molecule has 1 aromatic heterocycles. The zero-order valence-corrected chi connectivity index (χ0v) is 14.4. The molecule has 1 saturated heterocycles. The van der Waals surface area contributed by atoms with Crippen LogP contribution in [0, 0.1) is 0 Å². The van der Waals surface area contributed by atoms with Gasteiger partial charge in [0.15, 0.2) is 0 Å². The first-order valence-electron chi connectivity index (χ1n) is 7.84. The number of hydrogen-bond acceptors (Lipinski definition) is 4. The summed E-state index contributed by atoms with van der Waals surface area (Å²) in [5.74, 6) is -0.867. The molecule has 0 radical (unpaired) electrons. The summed E-state index contributed by atoms with van der Waals surface area (Å²) in [4.78, 5) is 40.7. The summed E-state index contributed by atoms with van der Waals surface area (Å²) in [5, 5.41) is 2.26. The molecule has 2 heterocycles. The molecule has 0 bridgehead atoms. The predicted octanol–water partition coefficient (Wildman–Crippen LogP) is 3.25. The highest BCUT2D eigenvalue weighted by Gasteiger charge is 2.36. The van der Waals surface area contributed by atoms with Crippen LogP contribution in [-0.4, -0.2) is 33.5 Å². The molecule has 1 aromatic carbocycles. The second-order valence-corrected chi connectivity index (χ2v) is 6.49. The van der Waals surface area contributed by atoms with E-state index >= 15 is 0 Å². The third-order valence-corrected chi connectivity index (χ3v) is 4.64. The molecular formula is C18H17N3O3S. The average molecular weight is 355 g/mol. The van der Waals surface area contributed by atoms with Crippen molar-refractivity contribution in [3.63, 3.8) is 0 Å². The third kappa shape index (κ3) is 4.00. The van der Waals surface area contributed by atoms with Crippen molar-refractivity contribution in [2.45, 2.75) is 13.3 Å². The number of carbonyl (C=O) groups is 3. The maximum absolute atomic E-state index is 12.3. The number of aromatic nitrogens is 1. The molecule has 3 amide bonds. The number of nitrogens with one attached hydrogen (secondary N) is 2. The van der Waals surface area contributed by atoms with E-state index in [9.17, 15) is 14.4 Å². The molecule has 0 aliphatic carbocycles. The molecule has 3 rings (SSSR count). The van der Waals surface area contributed by atoms with Crippen LogP contribution in [0.15, 0.2) is 47.5 Å². The van der Waals surface area contributed by atoms with Gasteiger partial charge in [0.1, 0.15) is 6.54 Å². The van der Waals surface area contributed by atoms with Crippen molar-refractivity contribution in [1.29, 1.82) is 0 Å². The summed E-state index contributed by atoms with van der Waals surface area (Å²) in [5.41, 5.74) is 2.53. The van der Waals surface area contributed by atoms with Gasteiger partial charge in [-0.05, 0) is 54.1 Å². The number of aromatic amines is 1. The summed E-state index contributed by atoms with van der Waals surface area (Å²) in [6, 6.07) is 11.0. The van der Waals surface area contributed by atoms with Crippen molar-refractivity contribution < 1.29 is 14.4 Å². The molecule has 2 aromatic rings. The highest BCUT2D eigenvalue weighted by molar-refractivity contribution is 8.18. The van der Waals surface area contributed by atoms with Crippen molar-refractivity contribution in [3.8, 4) is 0 Å². The van der Waals surface area contributed by atoms with Gasteiger partial charge in [0, 0.05) is 17.6 Å². The topological polar surface area (TPSA) is 82.3 Å². The molecule has 7 heteroatoms. The number of hydrogen-bond donors (Lipinski definition) is 2. The SMILES string of the molecule is CCc1ccc(NC(=O)CN2C(=O)S/C(=C/c3ccc[nH]3)C2=O)cc1. The first-order valence-corrected chi connectivity index (χ1v) is 8.66. The highest BCUT2D eigenvalue weighted by atomic mass is 32.2. The average Bonchev–Trinajstić information content (AvgIpc) is 3.20. The largest absolute Gasteiger partial charge is 0.362 e. The van der Waals surface area contributed by atoms with Crippen LogP contribution >= 0.6 is 11.8 Å². The van der Waals surface area contributed by atoms with Crippen molar-refractivity contribution in [2.75, 3.05) is 11.9 Å². The van der Waals surface area contributed by atoms with Gasteiger partial charge in [-0.15, -0.1) is 0 Å². The Labute approximate surface area is 149 Å².